The molecule has 6 rings (SSSR count). The van der Waals surface area contributed by atoms with Gasteiger partial charge in [0, 0.05) is 35.2 Å². The summed E-state index contributed by atoms with van der Waals surface area (Å²) in [5.41, 5.74) is 8.96. The quantitative estimate of drug-likeness (QED) is 0.229. The highest BCUT2D eigenvalue weighted by atomic mass is 32.2. The van der Waals surface area contributed by atoms with Gasteiger partial charge >= 0.3 is 0 Å². The van der Waals surface area contributed by atoms with Crippen LogP contribution in [0, 0.1) is 6.92 Å². The molecule has 2 aliphatic rings. The van der Waals surface area contributed by atoms with E-state index in [1.165, 1.54) is 0 Å². The van der Waals surface area contributed by atoms with Crippen molar-refractivity contribution in [1.82, 2.24) is 15.0 Å². The fraction of sp³-hybridized carbons (Fsp3) is 0.387. The monoisotopic (exact) mass is 572 g/mol. The Morgan fingerprint density at radius 3 is 2.49 bits per heavy atom. The van der Waals surface area contributed by atoms with E-state index in [1.54, 1.807) is 18.5 Å². The van der Waals surface area contributed by atoms with Crippen molar-refractivity contribution in [1.29, 1.82) is 0 Å². The van der Waals surface area contributed by atoms with Crippen LogP contribution in [0.25, 0.3) is 22.0 Å². The lowest BCUT2D eigenvalue weighted by molar-refractivity contribution is 0.410. The minimum atomic E-state index is -3.48. The lowest BCUT2D eigenvalue weighted by Gasteiger charge is -2.26. The second-order valence-electron chi connectivity index (χ2n) is 11.1. The Morgan fingerprint density at radius 1 is 0.878 bits per heavy atom. The number of hydrogen-bond acceptors (Lipinski definition) is 8. The van der Waals surface area contributed by atoms with Crippen LogP contribution in [-0.4, -0.2) is 40.7 Å². The number of aryl methyl sites for hydroxylation is 1. The zero-order chi connectivity index (χ0) is 28.4. The van der Waals surface area contributed by atoms with E-state index in [2.05, 4.69) is 20.0 Å². The van der Waals surface area contributed by atoms with Gasteiger partial charge in [0.15, 0.2) is 0 Å². The summed E-state index contributed by atoms with van der Waals surface area (Å²) in [6.45, 7) is 1.97. The molecule has 10 heteroatoms. The summed E-state index contributed by atoms with van der Waals surface area (Å²) < 4.78 is 35.5. The molecule has 2 saturated carbocycles. The van der Waals surface area contributed by atoms with Gasteiger partial charge in [0.1, 0.15) is 5.75 Å². The maximum Gasteiger partial charge on any atom is 0.235 e. The van der Waals surface area contributed by atoms with E-state index in [-0.39, 0.29) is 11.3 Å². The van der Waals surface area contributed by atoms with Gasteiger partial charge in [-0.05, 0) is 75.3 Å². The number of anilines is 2. The molecule has 4 N–H and O–H groups in total. The number of ether oxygens (including phenoxy) is 1. The van der Waals surface area contributed by atoms with Crippen LogP contribution >= 0.6 is 0 Å². The van der Waals surface area contributed by atoms with Crippen LogP contribution in [0.3, 0.4) is 0 Å². The van der Waals surface area contributed by atoms with Crippen LogP contribution in [0.4, 0.5) is 11.6 Å². The van der Waals surface area contributed by atoms with Gasteiger partial charge in [0.25, 0.3) is 0 Å². The molecule has 9 nitrogen and oxygen atoms in total. The number of aromatic nitrogens is 3. The summed E-state index contributed by atoms with van der Waals surface area (Å²) in [4.78, 5) is 13.8. The van der Waals surface area contributed by atoms with E-state index in [4.69, 9.17) is 15.5 Å². The third kappa shape index (κ3) is 5.99. The lowest BCUT2D eigenvalue weighted by Crippen LogP contribution is -2.33. The van der Waals surface area contributed by atoms with Crippen LogP contribution in [0.15, 0.2) is 60.9 Å². The van der Waals surface area contributed by atoms with E-state index in [0.29, 0.717) is 47.8 Å². The molecule has 2 heterocycles. The van der Waals surface area contributed by atoms with Crippen LogP contribution in [0.1, 0.15) is 56.9 Å². The first-order valence-electron chi connectivity index (χ1n) is 14.4. The zero-order valence-electron chi connectivity index (χ0n) is 23.2. The lowest BCUT2D eigenvalue weighted by atomic mass is 9.92. The first-order valence-corrected chi connectivity index (χ1v) is 15.9. The summed E-state index contributed by atoms with van der Waals surface area (Å²) >= 11 is 0. The summed E-state index contributed by atoms with van der Waals surface area (Å²) in [5, 5.41) is 4.69. The van der Waals surface area contributed by atoms with Crippen molar-refractivity contribution >= 4 is 32.4 Å². The predicted molar refractivity (Wildman–Crippen MR) is 163 cm³/mol. The second kappa shape index (κ2) is 11.6. The average molecular weight is 573 g/mol. The molecule has 0 bridgehead atoms. The topological polar surface area (TPSA) is 132 Å². The summed E-state index contributed by atoms with van der Waals surface area (Å²) in [6, 6.07) is 15.7. The minimum absolute atomic E-state index is 0.275. The molecule has 214 valence electrons. The number of rotatable bonds is 8. The van der Waals surface area contributed by atoms with Gasteiger partial charge in [0.05, 0.1) is 22.2 Å². The molecule has 0 atom stereocenters. The summed E-state index contributed by atoms with van der Waals surface area (Å²) in [7, 11) is -3.48. The highest BCUT2D eigenvalue weighted by molar-refractivity contribution is 7.93. The molecule has 0 radical (unpaired) electrons. The van der Waals surface area contributed by atoms with Crippen molar-refractivity contribution in [3.63, 3.8) is 0 Å². The number of pyridine rings is 1. The van der Waals surface area contributed by atoms with Crippen LogP contribution in [0.2, 0.25) is 0 Å². The molecule has 0 amide bonds. The van der Waals surface area contributed by atoms with E-state index in [9.17, 15) is 8.42 Å². The van der Waals surface area contributed by atoms with Crippen LogP contribution < -0.4 is 20.5 Å². The molecule has 0 aliphatic heterocycles. The third-order valence-corrected chi connectivity index (χ3v) is 10.1. The highest BCUT2D eigenvalue weighted by Gasteiger charge is 2.29. The molecule has 2 aromatic heterocycles. The van der Waals surface area contributed by atoms with E-state index < -0.39 is 10.0 Å². The van der Waals surface area contributed by atoms with Gasteiger partial charge in [-0.15, -0.1) is 0 Å². The van der Waals surface area contributed by atoms with Gasteiger partial charge in [-0.1, -0.05) is 37.1 Å². The molecule has 4 aromatic rings. The zero-order valence-corrected chi connectivity index (χ0v) is 24.0. The Bertz CT molecular complexity index is 1650. The third-order valence-electron chi connectivity index (χ3n) is 8.21. The van der Waals surface area contributed by atoms with Crippen molar-refractivity contribution < 1.29 is 13.2 Å². The number of benzene rings is 2. The van der Waals surface area contributed by atoms with Crippen molar-refractivity contribution in [2.24, 2.45) is 5.73 Å². The maximum atomic E-state index is 13.1. The first-order chi connectivity index (χ1) is 19.9. The Labute approximate surface area is 241 Å². The molecule has 0 unspecified atom stereocenters. The van der Waals surface area contributed by atoms with E-state index in [0.717, 1.165) is 60.4 Å². The number of hydrogen-bond donors (Lipinski definition) is 3. The van der Waals surface area contributed by atoms with Crippen molar-refractivity contribution in [3.8, 4) is 22.9 Å². The number of sulfonamides is 1. The molecule has 41 heavy (non-hydrogen) atoms. The van der Waals surface area contributed by atoms with Crippen LogP contribution in [0.5, 0.6) is 11.6 Å². The van der Waals surface area contributed by atoms with Crippen LogP contribution in [-0.2, 0) is 10.0 Å². The average Bonchev–Trinajstić information content (AvgIpc) is 3.53. The largest absolute Gasteiger partial charge is 0.437 e. The van der Waals surface area contributed by atoms with Crippen molar-refractivity contribution in [2.75, 3.05) is 10.0 Å². The molecule has 0 saturated heterocycles. The molecular formula is C31H36N6O3S. The number of nitrogens with two attached hydrogens (primary N) is 1. The summed E-state index contributed by atoms with van der Waals surface area (Å²) in [5.74, 6) is 1.60. The van der Waals surface area contributed by atoms with Crippen molar-refractivity contribution in [2.45, 2.75) is 75.6 Å². The predicted octanol–water partition coefficient (Wildman–Crippen LogP) is 6.16. The molecule has 2 aromatic carbocycles. The second-order valence-corrected chi connectivity index (χ2v) is 13.1. The fourth-order valence-corrected chi connectivity index (χ4v) is 7.49. The van der Waals surface area contributed by atoms with Gasteiger partial charge < -0.3 is 15.8 Å². The Hall–Kier alpha value is -3.76. The number of nitrogens with zero attached hydrogens (tertiary/aromatic N) is 3. The molecule has 0 spiro atoms. The molecular weight excluding hydrogens is 536 g/mol. The van der Waals surface area contributed by atoms with Gasteiger partial charge in [-0.25, -0.2) is 23.4 Å². The minimum Gasteiger partial charge on any atom is -0.437 e. The molecule has 2 aliphatic carbocycles. The van der Waals surface area contributed by atoms with Gasteiger partial charge in [-0.2, -0.15) is 0 Å². The number of fused-ring (bicyclic) bond motifs is 1. The highest BCUT2D eigenvalue weighted by Crippen LogP contribution is 2.39. The number of nitrogens with one attached hydrogen (secondary N) is 2. The van der Waals surface area contributed by atoms with Gasteiger partial charge in [-0.3, -0.25) is 4.72 Å². The smallest absolute Gasteiger partial charge is 0.235 e. The first kappa shape index (κ1) is 27.4. The van der Waals surface area contributed by atoms with E-state index in [1.807, 2.05) is 49.4 Å². The Kier molecular flexibility index (Phi) is 7.77. The van der Waals surface area contributed by atoms with E-state index >= 15 is 0 Å². The standard InChI is InChI=1S/C31H36N6O3S/c1-20-11-16-24-25(8-4-10-28(24)37-41(38,39)23-6-2-3-7-23)29(20)40-30-26(9-5-18-33-30)27-17-19-34-31(36-27)35-22-14-12-21(32)13-15-22/h4-5,8-11,16-19,21-23,37H,2-3,6-7,12-15,32H2,1H3,(H,34,35,36). The Morgan fingerprint density at radius 2 is 1.68 bits per heavy atom. The molecule has 2 fully saturated rings. The normalized spacial score (nSPS) is 19.8. The summed E-state index contributed by atoms with van der Waals surface area (Å²) in [6.07, 6.45) is 10.7. The Balaban J connectivity index is 1.30. The fourth-order valence-electron chi connectivity index (χ4n) is 5.89. The maximum absolute atomic E-state index is 13.1. The van der Waals surface area contributed by atoms with Crippen molar-refractivity contribution in [3.05, 3.63) is 66.5 Å². The SMILES string of the molecule is Cc1ccc2c(NS(=O)(=O)C3CCCC3)cccc2c1Oc1ncccc1-c1ccnc(NC2CCC(N)CC2)n1. The van der Waals surface area contributed by atoms with Gasteiger partial charge in [0.2, 0.25) is 21.9 Å².